The largest absolute Gasteiger partial charge is 0.456 e. The van der Waals surface area contributed by atoms with Gasteiger partial charge in [0.2, 0.25) is 0 Å². The van der Waals surface area contributed by atoms with Crippen LogP contribution in [0.2, 0.25) is 0 Å². The van der Waals surface area contributed by atoms with E-state index < -0.39 is 0 Å². The van der Waals surface area contributed by atoms with Crippen molar-refractivity contribution in [3.05, 3.63) is 139 Å². The Labute approximate surface area is 276 Å². The molecule has 10 rings (SSSR count). The second kappa shape index (κ2) is 9.86. The smallest absolute Gasteiger partial charge is 0.178 e. The minimum absolute atomic E-state index is 0.146. The van der Waals surface area contributed by atoms with Gasteiger partial charge in [0.1, 0.15) is 11.2 Å². The molecule has 2 aliphatic rings. The van der Waals surface area contributed by atoms with Crippen LogP contribution < -0.4 is 9.47 Å². The quantitative estimate of drug-likeness (QED) is 0.195. The second-order valence-electron chi connectivity index (χ2n) is 12.8. The van der Waals surface area contributed by atoms with Crippen LogP contribution in [-0.2, 0) is 5.41 Å². The molecule has 6 heteroatoms. The molecule has 228 valence electrons. The second-order valence-corrected chi connectivity index (χ2v) is 12.8. The lowest BCUT2D eigenvalue weighted by Gasteiger charge is -2.25. The van der Waals surface area contributed by atoms with Gasteiger partial charge >= 0.3 is 0 Å². The summed E-state index contributed by atoms with van der Waals surface area (Å²) >= 11 is 0. The monoisotopic (exact) mass is 621 g/mol. The Kier molecular flexibility index (Phi) is 5.53. The number of hydrogen-bond acceptors (Lipinski definition) is 6. The zero-order valence-electron chi connectivity index (χ0n) is 26.2. The van der Waals surface area contributed by atoms with Crippen molar-refractivity contribution in [2.75, 3.05) is 0 Å². The Bertz CT molecular complexity index is 2610. The molecule has 3 heterocycles. The number of rotatable bonds is 3. The molecule has 0 spiro atoms. The SMILES string of the molecule is CC1(C)c2ccccc2-c2c1ccc1c2Oc2cc(-c3nc(-c4ccccc4)nc(-c4ccc5c(c4)oc4ccccc45)n3)ccc2O1. The summed E-state index contributed by atoms with van der Waals surface area (Å²) in [5, 5.41) is 2.13. The Morgan fingerprint density at radius 3 is 2.00 bits per heavy atom. The highest BCUT2D eigenvalue weighted by atomic mass is 16.6. The van der Waals surface area contributed by atoms with Gasteiger partial charge in [0.05, 0.1) is 0 Å². The fourth-order valence-corrected chi connectivity index (χ4v) is 7.18. The van der Waals surface area contributed by atoms with E-state index in [0.717, 1.165) is 49.9 Å². The molecule has 8 aromatic rings. The maximum atomic E-state index is 6.73. The molecule has 0 fully saturated rings. The summed E-state index contributed by atoms with van der Waals surface area (Å²) in [4.78, 5) is 14.9. The summed E-state index contributed by atoms with van der Waals surface area (Å²) in [5.74, 6) is 4.36. The molecule has 6 nitrogen and oxygen atoms in total. The minimum atomic E-state index is -0.146. The highest BCUT2D eigenvalue weighted by Gasteiger charge is 2.39. The van der Waals surface area contributed by atoms with Crippen molar-refractivity contribution < 1.29 is 13.9 Å². The van der Waals surface area contributed by atoms with Crippen LogP contribution in [0.4, 0.5) is 0 Å². The molecule has 6 aromatic carbocycles. The van der Waals surface area contributed by atoms with Crippen molar-refractivity contribution in [3.63, 3.8) is 0 Å². The minimum Gasteiger partial charge on any atom is -0.456 e. The third-order valence-corrected chi connectivity index (χ3v) is 9.60. The first kappa shape index (κ1) is 26.9. The lowest BCUT2D eigenvalue weighted by atomic mass is 9.82. The van der Waals surface area contributed by atoms with Crippen molar-refractivity contribution in [2.24, 2.45) is 0 Å². The Balaban J connectivity index is 1.10. The highest BCUT2D eigenvalue weighted by Crippen LogP contribution is 2.58. The van der Waals surface area contributed by atoms with E-state index in [1.807, 2.05) is 84.9 Å². The zero-order valence-corrected chi connectivity index (χ0v) is 26.2. The van der Waals surface area contributed by atoms with Crippen molar-refractivity contribution in [1.29, 1.82) is 0 Å². The fourth-order valence-electron chi connectivity index (χ4n) is 7.18. The molecule has 0 saturated heterocycles. The number of nitrogens with zero attached hydrogens (tertiary/aromatic N) is 3. The number of hydrogen-bond donors (Lipinski definition) is 0. The molecule has 2 aromatic heterocycles. The number of furan rings is 1. The maximum absolute atomic E-state index is 6.73. The fraction of sp³-hybridized carbons (Fsp3) is 0.0714. The normalized spacial score (nSPS) is 13.7. The average Bonchev–Trinajstić information content (AvgIpc) is 3.62. The maximum Gasteiger partial charge on any atom is 0.178 e. The third-order valence-electron chi connectivity index (χ3n) is 9.60. The number of fused-ring (bicyclic) bond motifs is 9. The first-order valence-corrected chi connectivity index (χ1v) is 16.0. The van der Waals surface area contributed by atoms with E-state index >= 15 is 0 Å². The molecule has 0 radical (unpaired) electrons. The predicted octanol–water partition coefficient (Wildman–Crippen LogP) is 11.0. The molecule has 0 saturated carbocycles. The van der Waals surface area contributed by atoms with E-state index in [1.165, 1.54) is 16.7 Å². The number of ether oxygens (including phenoxy) is 2. The van der Waals surface area contributed by atoms with Crippen molar-refractivity contribution in [1.82, 2.24) is 15.0 Å². The number of aromatic nitrogens is 3. The van der Waals surface area contributed by atoms with Crippen LogP contribution in [0.5, 0.6) is 23.0 Å². The van der Waals surface area contributed by atoms with Gasteiger partial charge in [-0.3, -0.25) is 0 Å². The first-order valence-electron chi connectivity index (χ1n) is 16.0. The van der Waals surface area contributed by atoms with Crippen LogP contribution in [0.1, 0.15) is 25.0 Å². The van der Waals surface area contributed by atoms with Crippen LogP contribution in [0.15, 0.2) is 132 Å². The van der Waals surface area contributed by atoms with E-state index in [2.05, 4.69) is 56.3 Å². The molecular weight excluding hydrogens is 594 g/mol. The van der Waals surface area contributed by atoms with Crippen LogP contribution in [0.3, 0.4) is 0 Å². The van der Waals surface area contributed by atoms with E-state index in [9.17, 15) is 0 Å². The van der Waals surface area contributed by atoms with Crippen LogP contribution >= 0.6 is 0 Å². The summed E-state index contributed by atoms with van der Waals surface area (Å²) in [6.45, 7) is 4.52. The van der Waals surface area contributed by atoms with E-state index in [4.69, 9.17) is 28.8 Å². The van der Waals surface area contributed by atoms with E-state index in [0.29, 0.717) is 34.7 Å². The van der Waals surface area contributed by atoms with Crippen LogP contribution in [-0.4, -0.2) is 15.0 Å². The lowest BCUT2D eigenvalue weighted by molar-refractivity contribution is 0.360. The zero-order chi connectivity index (χ0) is 32.0. The first-order chi connectivity index (χ1) is 23.5. The van der Waals surface area contributed by atoms with Gasteiger partial charge in [-0.25, -0.2) is 15.0 Å². The molecule has 0 bridgehead atoms. The van der Waals surface area contributed by atoms with Gasteiger partial charge in [-0.2, -0.15) is 0 Å². The lowest BCUT2D eigenvalue weighted by Crippen LogP contribution is -2.15. The standard InChI is InChI=1S/C42H27N3O3/c1-42(2)30-14-8-6-13-29(30)37-31(42)19-21-34-38(37)48-36-23-26(17-20-33(36)47-34)41-44-39(24-10-4-3-5-11-24)43-40(45-41)25-16-18-28-27-12-7-9-15-32(27)46-35(28)22-25/h3-23H,1-2H3. The van der Waals surface area contributed by atoms with Gasteiger partial charge < -0.3 is 13.9 Å². The van der Waals surface area contributed by atoms with Gasteiger partial charge in [0, 0.05) is 38.4 Å². The summed E-state index contributed by atoms with van der Waals surface area (Å²) < 4.78 is 19.4. The molecule has 1 aliphatic carbocycles. The van der Waals surface area contributed by atoms with Gasteiger partial charge in [0.15, 0.2) is 40.5 Å². The molecule has 1 aliphatic heterocycles. The number of benzene rings is 6. The molecular formula is C42H27N3O3. The van der Waals surface area contributed by atoms with Crippen LogP contribution in [0, 0.1) is 0 Å². The average molecular weight is 622 g/mol. The summed E-state index contributed by atoms with van der Waals surface area (Å²) in [6, 6.07) is 42.7. The van der Waals surface area contributed by atoms with E-state index in [-0.39, 0.29) is 5.41 Å². The van der Waals surface area contributed by atoms with E-state index in [1.54, 1.807) is 0 Å². The summed E-state index contributed by atoms with van der Waals surface area (Å²) in [5.41, 5.74) is 8.78. The van der Waals surface area contributed by atoms with Crippen molar-refractivity contribution in [2.45, 2.75) is 19.3 Å². The molecule has 48 heavy (non-hydrogen) atoms. The Morgan fingerprint density at radius 2 is 1.15 bits per heavy atom. The Hall–Kier alpha value is -6.27. The molecule has 0 N–H and O–H groups in total. The van der Waals surface area contributed by atoms with Gasteiger partial charge in [0.25, 0.3) is 0 Å². The van der Waals surface area contributed by atoms with Crippen LogP contribution in [0.25, 0.3) is 67.2 Å². The summed E-state index contributed by atoms with van der Waals surface area (Å²) in [7, 11) is 0. The van der Waals surface area contributed by atoms with Gasteiger partial charge in [-0.15, -0.1) is 0 Å². The van der Waals surface area contributed by atoms with Gasteiger partial charge in [-0.05, 0) is 59.2 Å². The molecule has 0 amide bonds. The molecule has 0 unspecified atom stereocenters. The third kappa shape index (κ3) is 3.96. The molecule has 0 atom stereocenters. The predicted molar refractivity (Wildman–Crippen MR) is 188 cm³/mol. The highest BCUT2D eigenvalue weighted by molar-refractivity contribution is 6.05. The van der Waals surface area contributed by atoms with Gasteiger partial charge in [-0.1, -0.05) is 98.8 Å². The topological polar surface area (TPSA) is 70.3 Å². The van der Waals surface area contributed by atoms with Crippen molar-refractivity contribution >= 4 is 21.9 Å². The van der Waals surface area contributed by atoms with Crippen molar-refractivity contribution in [3.8, 4) is 68.3 Å². The number of para-hydroxylation sites is 1. The summed E-state index contributed by atoms with van der Waals surface area (Å²) in [6.07, 6.45) is 0. The Morgan fingerprint density at radius 1 is 0.479 bits per heavy atom.